The van der Waals surface area contributed by atoms with Crippen LogP contribution in [0.1, 0.15) is 47.0 Å². The Labute approximate surface area is 98.6 Å². The van der Waals surface area contributed by atoms with Gasteiger partial charge in [-0.3, -0.25) is 0 Å². The van der Waals surface area contributed by atoms with Gasteiger partial charge in [0.25, 0.3) is 0 Å². The van der Waals surface area contributed by atoms with Crippen LogP contribution >= 0.6 is 0 Å². The molecule has 96 valence electrons. The number of hydrogen-bond acceptors (Lipinski definition) is 3. The first-order valence-corrected chi connectivity index (χ1v) is 5.84. The lowest BCUT2D eigenvalue weighted by Crippen LogP contribution is -2.34. The molecule has 16 heavy (non-hydrogen) atoms. The molecule has 0 fully saturated rings. The molecule has 0 aliphatic heterocycles. The van der Waals surface area contributed by atoms with E-state index in [-0.39, 0.29) is 12.2 Å². The van der Waals surface area contributed by atoms with Crippen molar-refractivity contribution in [3.63, 3.8) is 0 Å². The van der Waals surface area contributed by atoms with Crippen molar-refractivity contribution in [1.29, 1.82) is 0 Å². The third-order valence-electron chi connectivity index (χ3n) is 2.07. The van der Waals surface area contributed by atoms with E-state index in [0.29, 0.717) is 6.54 Å². The third-order valence-corrected chi connectivity index (χ3v) is 2.07. The predicted octanol–water partition coefficient (Wildman–Crippen LogP) is 2.40. The van der Waals surface area contributed by atoms with E-state index in [1.165, 1.54) is 0 Å². The van der Waals surface area contributed by atoms with E-state index in [0.717, 1.165) is 19.3 Å². The number of carbonyl (C=O) groups excluding carboxylic acids is 1. The molecule has 0 radical (unpaired) electrons. The van der Waals surface area contributed by atoms with Crippen molar-refractivity contribution < 1.29 is 14.6 Å². The van der Waals surface area contributed by atoms with Crippen LogP contribution in [0, 0.1) is 0 Å². The van der Waals surface area contributed by atoms with Crippen LogP contribution in [0.5, 0.6) is 0 Å². The van der Waals surface area contributed by atoms with Gasteiger partial charge < -0.3 is 14.7 Å². The monoisotopic (exact) mass is 231 g/mol. The van der Waals surface area contributed by atoms with Gasteiger partial charge in [0.05, 0.1) is 6.10 Å². The van der Waals surface area contributed by atoms with E-state index >= 15 is 0 Å². The smallest absolute Gasteiger partial charge is 0.410 e. The molecule has 1 amide bonds. The van der Waals surface area contributed by atoms with Gasteiger partial charge in [0, 0.05) is 13.6 Å². The van der Waals surface area contributed by atoms with Crippen molar-refractivity contribution in [3.8, 4) is 0 Å². The van der Waals surface area contributed by atoms with Crippen LogP contribution in [0.25, 0.3) is 0 Å². The van der Waals surface area contributed by atoms with Gasteiger partial charge in [-0.25, -0.2) is 4.79 Å². The van der Waals surface area contributed by atoms with Gasteiger partial charge in [0.2, 0.25) is 0 Å². The third kappa shape index (κ3) is 8.53. The van der Waals surface area contributed by atoms with Crippen molar-refractivity contribution >= 4 is 6.09 Å². The second-order valence-corrected chi connectivity index (χ2v) is 5.25. The highest BCUT2D eigenvalue weighted by molar-refractivity contribution is 5.67. The van der Waals surface area contributed by atoms with Crippen LogP contribution in [-0.2, 0) is 4.74 Å². The molecule has 4 heteroatoms. The van der Waals surface area contributed by atoms with Gasteiger partial charge in [-0.2, -0.15) is 0 Å². The molecule has 0 bridgehead atoms. The lowest BCUT2D eigenvalue weighted by molar-refractivity contribution is 0.0295. The molecule has 0 aliphatic carbocycles. The molecular weight excluding hydrogens is 206 g/mol. The molecule has 0 spiro atoms. The highest BCUT2D eigenvalue weighted by atomic mass is 16.6. The zero-order valence-electron chi connectivity index (χ0n) is 11.1. The Balaban J connectivity index is 3.72. The quantitative estimate of drug-likeness (QED) is 0.739. The van der Waals surface area contributed by atoms with Gasteiger partial charge in [-0.05, 0) is 47.0 Å². The van der Waals surface area contributed by atoms with Crippen LogP contribution in [0.15, 0.2) is 0 Å². The van der Waals surface area contributed by atoms with Crippen molar-refractivity contribution in [2.24, 2.45) is 0 Å². The number of carbonyl (C=O) groups is 1. The average Bonchev–Trinajstić information content (AvgIpc) is 2.08. The molecule has 0 saturated heterocycles. The van der Waals surface area contributed by atoms with Gasteiger partial charge in [0.1, 0.15) is 5.60 Å². The minimum atomic E-state index is -0.440. The number of amides is 1. The SMILES string of the molecule is CC(O)CCCCN(C)C(=O)OC(C)(C)C. The second-order valence-electron chi connectivity index (χ2n) is 5.25. The van der Waals surface area contributed by atoms with E-state index in [1.54, 1.807) is 18.9 Å². The average molecular weight is 231 g/mol. The number of hydrogen-bond donors (Lipinski definition) is 1. The maximum absolute atomic E-state index is 11.5. The fourth-order valence-corrected chi connectivity index (χ4v) is 1.22. The van der Waals surface area contributed by atoms with Crippen molar-refractivity contribution in [3.05, 3.63) is 0 Å². The van der Waals surface area contributed by atoms with Gasteiger partial charge in [-0.1, -0.05) is 0 Å². The molecule has 0 aromatic carbocycles. The van der Waals surface area contributed by atoms with Gasteiger partial charge >= 0.3 is 6.09 Å². The summed E-state index contributed by atoms with van der Waals surface area (Å²) in [7, 11) is 1.73. The zero-order valence-corrected chi connectivity index (χ0v) is 11.1. The van der Waals surface area contributed by atoms with Crippen molar-refractivity contribution in [1.82, 2.24) is 4.90 Å². The molecule has 1 N–H and O–H groups in total. The lowest BCUT2D eigenvalue weighted by atomic mass is 10.2. The minimum absolute atomic E-state index is 0.258. The second kappa shape index (κ2) is 6.74. The fraction of sp³-hybridized carbons (Fsp3) is 0.917. The van der Waals surface area contributed by atoms with Crippen LogP contribution in [0.2, 0.25) is 0 Å². The van der Waals surface area contributed by atoms with E-state index in [2.05, 4.69) is 0 Å². The predicted molar refractivity (Wildman–Crippen MR) is 64.4 cm³/mol. The summed E-state index contributed by atoms with van der Waals surface area (Å²) in [6.45, 7) is 8.00. The zero-order chi connectivity index (χ0) is 12.8. The summed E-state index contributed by atoms with van der Waals surface area (Å²) in [5, 5.41) is 9.07. The minimum Gasteiger partial charge on any atom is -0.444 e. The lowest BCUT2D eigenvalue weighted by Gasteiger charge is -2.24. The number of nitrogens with zero attached hydrogens (tertiary/aromatic N) is 1. The molecule has 0 heterocycles. The van der Waals surface area contributed by atoms with E-state index in [9.17, 15) is 4.79 Å². The number of rotatable bonds is 5. The Morgan fingerprint density at radius 2 is 1.94 bits per heavy atom. The summed E-state index contributed by atoms with van der Waals surface area (Å²) in [5.41, 5.74) is -0.440. The van der Waals surface area contributed by atoms with Crippen molar-refractivity contribution in [2.45, 2.75) is 58.7 Å². The Bertz CT molecular complexity index is 209. The number of aliphatic hydroxyl groups excluding tert-OH is 1. The first-order valence-electron chi connectivity index (χ1n) is 5.84. The Morgan fingerprint density at radius 3 is 2.38 bits per heavy atom. The molecule has 4 nitrogen and oxygen atoms in total. The summed E-state index contributed by atoms with van der Waals surface area (Å²) < 4.78 is 5.22. The van der Waals surface area contributed by atoms with Crippen LogP contribution in [0.3, 0.4) is 0 Å². The summed E-state index contributed by atoms with van der Waals surface area (Å²) in [6.07, 6.45) is 2.05. The highest BCUT2D eigenvalue weighted by Crippen LogP contribution is 2.09. The molecule has 0 rings (SSSR count). The molecule has 0 aromatic heterocycles. The summed E-state index contributed by atoms with van der Waals surface area (Å²) in [5.74, 6) is 0. The first kappa shape index (κ1) is 15.2. The van der Waals surface area contributed by atoms with Gasteiger partial charge in [0.15, 0.2) is 0 Å². The molecule has 0 aromatic rings. The maximum Gasteiger partial charge on any atom is 0.410 e. The van der Waals surface area contributed by atoms with Crippen LogP contribution in [0.4, 0.5) is 4.79 Å². The number of aliphatic hydroxyl groups is 1. The largest absolute Gasteiger partial charge is 0.444 e. The van der Waals surface area contributed by atoms with Crippen molar-refractivity contribution in [2.75, 3.05) is 13.6 Å². The molecule has 0 aliphatic rings. The number of ether oxygens (including phenoxy) is 1. The standard InChI is InChI=1S/C12H25NO3/c1-10(14)8-6-7-9-13(5)11(15)16-12(2,3)4/h10,14H,6-9H2,1-5H3. The molecule has 1 atom stereocenters. The normalized spacial score (nSPS) is 13.4. The number of unbranched alkanes of at least 4 members (excludes halogenated alkanes) is 1. The first-order chi connectivity index (χ1) is 7.22. The van der Waals surface area contributed by atoms with E-state index in [1.807, 2.05) is 20.8 Å². The fourth-order valence-electron chi connectivity index (χ4n) is 1.22. The Morgan fingerprint density at radius 1 is 1.38 bits per heavy atom. The van der Waals surface area contributed by atoms with E-state index in [4.69, 9.17) is 9.84 Å². The summed E-state index contributed by atoms with van der Waals surface area (Å²) in [6, 6.07) is 0. The Hall–Kier alpha value is -0.770. The molecule has 1 unspecified atom stereocenters. The molecule has 0 saturated carbocycles. The maximum atomic E-state index is 11.5. The summed E-state index contributed by atoms with van der Waals surface area (Å²) >= 11 is 0. The molecular formula is C12H25NO3. The van der Waals surface area contributed by atoms with Gasteiger partial charge in [-0.15, -0.1) is 0 Å². The Kier molecular flexibility index (Phi) is 6.41. The van der Waals surface area contributed by atoms with Crippen LogP contribution < -0.4 is 0 Å². The highest BCUT2D eigenvalue weighted by Gasteiger charge is 2.18. The topological polar surface area (TPSA) is 49.8 Å². The summed E-state index contributed by atoms with van der Waals surface area (Å²) in [4.78, 5) is 13.1. The van der Waals surface area contributed by atoms with Crippen LogP contribution in [-0.4, -0.2) is 41.4 Å². The van der Waals surface area contributed by atoms with E-state index < -0.39 is 5.60 Å².